The van der Waals surface area contributed by atoms with Crippen LogP contribution in [0.15, 0.2) is 6.07 Å². The molecule has 37 heavy (non-hydrogen) atoms. The lowest BCUT2D eigenvalue weighted by atomic mass is 9.82. The number of halogens is 3. The molecule has 1 saturated heterocycles. The lowest BCUT2D eigenvalue weighted by Crippen LogP contribution is -2.40. The predicted octanol–water partition coefficient (Wildman–Crippen LogP) is 4.00. The molecule has 1 fully saturated rings. The van der Waals surface area contributed by atoms with Crippen molar-refractivity contribution in [3.63, 3.8) is 0 Å². The van der Waals surface area contributed by atoms with E-state index in [1.54, 1.807) is 11.3 Å². The first-order chi connectivity index (χ1) is 17.7. The Hall–Kier alpha value is -2.96. The van der Waals surface area contributed by atoms with Gasteiger partial charge in [0, 0.05) is 37.0 Å². The first-order valence-corrected chi connectivity index (χ1v) is 13.6. The van der Waals surface area contributed by atoms with E-state index in [2.05, 4.69) is 28.1 Å². The Morgan fingerprint density at radius 3 is 2.54 bits per heavy atom. The number of primary amides is 1. The zero-order chi connectivity index (χ0) is 26.3. The number of hydrogen-bond donors (Lipinski definition) is 1. The molecule has 5 heterocycles. The maximum absolute atomic E-state index is 13.3. The molecular weight excluding hydrogens is 505 g/mol. The molecule has 3 aromatic rings. The van der Waals surface area contributed by atoms with Crippen molar-refractivity contribution >= 4 is 39.2 Å². The number of alkyl halides is 3. The molecule has 200 valence electrons. The second kappa shape index (κ2) is 10.1. The summed E-state index contributed by atoms with van der Waals surface area (Å²) in [5, 5.41) is 8.16. The van der Waals surface area contributed by atoms with E-state index in [-0.39, 0.29) is 36.7 Å². The van der Waals surface area contributed by atoms with Gasteiger partial charge in [0.25, 0.3) is 0 Å². The number of carbonyl (C=O) groups excluding carboxylic acids is 1. The zero-order valence-corrected chi connectivity index (χ0v) is 21.8. The number of aryl methyl sites for hydroxylation is 1. The molecule has 5 rings (SSSR count). The number of rotatable bonds is 7. The predicted molar refractivity (Wildman–Crippen MR) is 135 cm³/mol. The monoisotopic (exact) mass is 536 g/mol. The van der Waals surface area contributed by atoms with Gasteiger partial charge in [-0.15, -0.1) is 21.5 Å². The number of fused-ring (bicyclic) bond motifs is 2. The van der Waals surface area contributed by atoms with Gasteiger partial charge < -0.3 is 20.1 Å². The molecule has 1 unspecified atom stereocenters. The molecule has 0 bridgehead atoms. The molecule has 3 aromatic heterocycles. The van der Waals surface area contributed by atoms with Crippen LogP contribution in [0.2, 0.25) is 0 Å². The van der Waals surface area contributed by atoms with Crippen LogP contribution in [-0.4, -0.2) is 50.3 Å². The van der Waals surface area contributed by atoms with Gasteiger partial charge >= 0.3 is 6.18 Å². The minimum absolute atomic E-state index is 0.123. The van der Waals surface area contributed by atoms with Gasteiger partial charge in [-0.25, -0.2) is 4.98 Å². The normalized spacial score (nSPS) is 17.9. The Kier molecular flexibility index (Phi) is 6.99. The number of aromatic nitrogens is 5. The van der Waals surface area contributed by atoms with E-state index in [9.17, 15) is 18.0 Å². The highest BCUT2D eigenvalue weighted by molar-refractivity contribution is 7.18. The van der Waals surface area contributed by atoms with Gasteiger partial charge in [0.05, 0.1) is 11.9 Å². The summed E-state index contributed by atoms with van der Waals surface area (Å²) in [5.41, 5.74) is 5.62. The third kappa shape index (κ3) is 4.97. The van der Waals surface area contributed by atoms with Gasteiger partial charge in [-0.2, -0.15) is 18.2 Å². The molecule has 1 atom stereocenters. The minimum Gasteiger partial charge on any atom is -0.369 e. The molecule has 13 heteroatoms. The van der Waals surface area contributed by atoms with Crippen LogP contribution < -0.4 is 15.5 Å². The number of anilines is 2. The first-order valence-electron chi connectivity index (χ1n) is 12.8. The van der Waals surface area contributed by atoms with Crippen molar-refractivity contribution in [1.82, 2.24) is 24.7 Å². The van der Waals surface area contributed by atoms with Gasteiger partial charge in [-0.1, -0.05) is 20.3 Å². The van der Waals surface area contributed by atoms with Crippen LogP contribution in [0.3, 0.4) is 0 Å². The van der Waals surface area contributed by atoms with E-state index < -0.39 is 12.0 Å². The van der Waals surface area contributed by atoms with Crippen molar-refractivity contribution in [1.29, 1.82) is 0 Å². The third-order valence-corrected chi connectivity index (χ3v) is 8.50. The van der Waals surface area contributed by atoms with Gasteiger partial charge in [0.15, 0.2) is 5.82 Å². The van der Waals surface area contributed by atoms with Gasteiger partial charge in [0.2, 0.25) is 17.7 Å². The fraction of sp³-hybridized carbons (Fsp3) is 0.625. The van der Waals surface area contributed by atoms with E-state index in [4.69, 9.17) is 15.7 Å². The number of nitrogens with zero attached hydrogens (tertiary/aromatic N) is 7. The summed E-state index contributed by atoms with van der Waals surface area (Å²) in [6, 6.07) is 2.11. The largest absolute Gasteiger partial charge is 0.451 e. The van der Waals surface area contributed by atoms with Crippen molar-refractivity contribution in [3.8, 4) is 0 Å². The van der Waals surface area contributed by atoms with E-state index in [1.165, 1.54) is 4.88 Å². The van der Waals surface area contributed by atoms with Crippen LogP contribution in [-0.2, 0) is 30.5 Å². The lowest BCUT2D eigenvalue weighted by molar-refractivity contribution is -0.147. The molecular formula is C24H31F3N8OS. The van der Waals surface area contributed by atoms with E-state index >= 15 is 0 Å². The number of amides is 1. The molecule has 2 aliphatic rings. The number of carbonyl (C=O) groups is 1. The number of thiophene rings is 1. The maximum Gasteiger partial charge on any atom is 0.451 e. The molecule has 9 nitrogen and oxygen atoms in total. The summed E-state index contributed by atoms with van der Waals surface area (Å²) in [4.78, 5) is 27.9. The quantitative estimate of drug-likeness (QED) is 0.487. The van der Waals surface area contributed by atoms with Crippen LogP contribution in [0.4, 0.5) is 24.9 Å². The van der Waals surface area contributed by atoms with E-state index in [0.29, 0.717) is 18.3 Å². The van der Waals surface area contributed by atoms with Crippen LogP contribution in [0, 0.1) is 11.8 Å². The summed E-state index contributed by atoms with van der Waals surface area (Å²) in [6.07, 6.45) is -0.217. The molecule has 2 aliphatic heterocycles. The highest BCUT2D eigenvalue weighted by Gasteiger charge is 2.40. The summed E-state index contributed by atoms with van der Waals surface area (Å²) < 4.78 is 41.1. The molecule has 0 aromatic carbocycles. The Labute approximate surface area is 216 Å². The van der Waals surface area contributed by atoms with Crippen molar-refractivity contribution in [2.45, 2.75) is 65.2 Å². The minimum atomic E-state index is -4.54. The van der Waals surface area contributed by atoms with Crippen molar-refractivity contribution in [2.75, 3.05) is 29.4 Å². The maximum atomic E-state index is 13.3. The molecule has 1 amide bonds. The van der Waals surface area contributed by atoms with Gasteiger partial charge in [0.1, 0.15) is 10.6 Å². The topological polar surface area (TPSA) is 106 Å². The van der Waals surface area contributed by atoms with Crippen LogP contribution in [0.1, 0.15) is 56.1 Å². The summed E-state index contributed by atoms with van der Waals surface area (Å²) in [5.74, 6) is 0.524. The molecule has 0 spiro atoms. The summed E-state index contributed by atoms with van der Waals surface area (Å²) >= 11 is 1.64. The van der Waals surface area contributed by atoms with Gasteiger partial charge in [-0.3, -0.25) is 4.79 Å². The van der Waals surface area contributed by atoms with Gasteiger partial charge in [-0.05, 0) is 37.7 Å². The molecule has 2 N–H and O–H groups in total. The second-order valence-corrected chi connectivity index (χ2v) is 10.9. The van der Waals surface area contributed by atoms with Crippen molar-refractivity contribution in [2.24, 2.45) is 17.6 Å². The highest BCUT2D eigenvalue weighted by atomic mass is 32.1. The zero-order valence-electron chi connectivity index (χ0n) is 21.0. The Morgan fingerprint density at radius 2 is 1.89 bits per heavy atom. The lowest BCUT2D eigenvalue weighted by Gasteiger charge is -2.35. The molecule has 0 radical (unpaired) electrons. The molecule has 0 saturated carbocycles. The van der Waals surface area contributed by atoms with E-state index in [0.717, 1.165) is 60.0 Å². The first kappa shape index (κ1) is 25.7. The van der Waals surface area contributed by atoms with Crippen molar-refractivity contribution in [3.05, 3.63) is 22.6 Å². The van der Waals surface area contributed by atoms with Crippen LogP contribution >= 0.6 is 11.3 Å². The SMILES string of the molecule is CCCc1cc2c(N3CCn4c(nnc4C(F)(F)F)C3)nc(N3CCC(C(CC)C(N)=O)CC3)nc2s1. The number of hydrogen-bond acceptors (Lipinski definition) is 8. The Balaban J connectivity index is 1.45. The third-order valence-electron chi connectivity index (χ3n) is 7.41. The Morgan fingerprint density at radius 1 is 1.14 bits per heavy atom. The fourth-order valence-corrected chi connectivity index (χ4v) is 6.63. The molecule has 0 aliphatic carbocycles. The standard InChI is InChI=1S/C24H31F3N8OS/c1-3-5-15-12-17-20(34-10-11-35-18(13-34)31-32-22(35)24(25,26)27)29-23(30-21(17)37-15)33-8-6-14(7-9-33)16(4-2)19(28)36/h12,14,16H,3-11,13H2,1-2H3,(H2,28,36). The Bertz CT molecular complexity index is 1280. The van der Waals surface area contributed by atoms with E-state index in [1.807, 2.05) is 11.8 Å². The number of piperidine rings is 1. The highest BCUT2D eigenvalue weighted by Crippen LogP contribution is 2.37. The van der Waals surface area contributed by atoms with Crippen LogP contribution in [0.5, 0.6) is 0 Å². The average Bonchev–Trinajstić information content (AvgIpc) is 3.47. The number of nitrogens with two attached hydrogens (primary N) is 1. The fourth-order valence-electron chi connectivity index (χ4n) is 5.51. The second-order valence-electron chi connectivity index (χ2n) is 9.78. The summed E-state index contributed by atoms with van der Waals surface area (Å²) in [7, 11) is 0. The smallest absolute Gasteiger partial charge is 0.369 e. The summed E-state index contributed by atoms with van der Waals surface area (Å²) in [6.45, 7) is 6.22. The van der Waals surface area contributed by atoms with Crippen LogP contribution in [0.25, 0.3) is 10.2 Å². The average molecular weight is 537 g/mol. The van der Waals surface area contributed by atoms with Crippen molar-refractivity contribution < 1.29 is 18.0 Å².